The van der Waals surface area contributed by atoms with Gasteiger partial charge in [0.1, 0.15) is 5.82 Å². The molecule has 0 radical (unpaired) electrons. The molecule has 2 aliphatic heterocycles. The van der Waals surface area contributed by atoms with E-state index in [1.807, 2.05) is 6.92 Å². The van der Waals surface area contributed by atoms with Crippen molar-refractivity contribution in [3.63, 3.8) is 0 Å². The second-order valence-corrected chi connectivity index (χ2v) is 6.68. The summed E-state index contributed by atoms with van der Waals surface area (Å²) < 4.78 is 14.3. The number of carbonyl (C=O) groups is 2. The number of rotatable bonds is 3. The molecule has 0 aliphatic carbocycles. The van der Waals surface area contributed by atoms with Crippen molar-refractivity contribution in [3.8, 4) is 0 Å². The zero-order valence-electron chi connectivity index (χ0n) is 13.9. The van der Waals surface area contributed by atoms with E-state index >= 15 is 0 Å². The van der Waals surface area contributed by atoms with Crippen molar-refractivity contribution < 1.29 is 19.1 Å². The van der Waals surface area contributed by atoms with E-state index in [9.17, 15) is 19.1 Å². The van der Waals surface area contributed by atoms with E-state index in [1.54, 1.807) is 9.80 Å². The Balaban J connectivity index is 1.90. The lowest BCUT2D eigenvalue weighted by Crippen LogP contribution is -2.49. The third kappa shape index (κ3) is 3.02. The van der Waals surface area contributed by atoms with Gasteiger partial charge in [-0.15, -0.1) is 0 Å². The number of aliphatic hydroxyl groups is 1. The van der Waals surface area contributed by atoms with Crippen molar-refractivity contribution in [2.75, 3.05) is 24.6 Å². The highest BCUT2D eigenvalue weighted by molar-refractivity contribution is 5.99. The third-order valence-corrected chi connectivity index (χ3v) is 5.13. The highest BCUT2D eigenvalue weighted by Gasteiger charge is 2.33. The van der Waals surface area contributed by atoms with E-state index in [4.69, 9.17) is 0 Å². The Morgan fingerprint density at radius 3 is 2.79 bits per heavy atom. The summed E-state index contributed by atoms with van der Waals surface area (Å²) in [5.74, 6) is -0.823. The minimum atomic E-state index is -0.592. The molecule has 1 aromatic rings. The molecule has 130 valence electrons. The quantitative estimate of drug-likeness (QED) is 0.922. The Morgan fingerprint density at radius 2 is 2.12 bits per heavy atom. The van der Waals surface area contributed by atoms with Crippen LogP contribution in [0.25, 0.3) is 0 Å². The molecule has 2 aliphatic rings. The van der Waals surface area contributed by atoms with Crippen LogP contribution in [0.5, 0.6) is 0 Å². The molecule has 2 atom stereocenters. The van der Waals surface area contributed by atoms with Crippen molar-refractivity contribution in [1.82, 2.24) is 4.90 Å². The maximum Gasteiger partial charge on any atom is 0.257 e. The van der Waals surface area contributed by atoms with Crippen LogP contribution in [0.2, 0.25) is 0 Å². The summed E-state index contributed by atoms with van der Waals surface area (Å²) in [5.41, 5.74) is 0.535. The minimum absolute atomic E-state index is 0.000151. The summed E-state index contributed by atoms with van der Waals surface area (Å²) >= 11 is 0. The number of carbonyl (C=O) groups excluding carboxylic acids is 2. The molecule has 1 N–H and O–H groups in total. The Labute approximate surface area is 141 Å². The Kier molecular flexibility index (Phi) is 4.85. The van der Waals surface area contributed by atoms with Gasteiger partial charge in [0, 0.05) is 25.2 Å². The van der Waals surface area contributed by atoms with Gasteiger partial charge in [0.15, 0.2) is 0 Å². The number of aliphatic hydroxyl groups excluding tert-OH is 1. The number of amides is 2. The summed E-state index contributed by atoms with van der Waals surface area (Å²) in [7, 11) is 0. The molecular formula is C18H23FN2O3. The number of nitrogens with zero attached hydrogens (tertiary/aromatic N) is 2. The van der Waals surface area contributed by atoms with Gasteiger partial charge in [-0.3, -0.25) is 9.59 Å². The topological polar surface area (TPSA) is 60.9 Å². The molecule has 0 bridgehead atoms. The molecule has 5 nitrogen and oxygen atoms in total. The predicted octanol–water partition coefficient (Wildman–Crippen LogP) is 2.19. The fourth-order valence-electron chi connectivity index (χ4n) is 3.70. The first-order chi connectivity index (χ1) is 11.5. The molecule has 2 unspecified atom stereocenters. The van der Waals surface area contributed by atoms with Crippen LogP contribution < -0.4 is 4.90 Å². The lowest BCUT2D eigenvalue weighted by Gasteiger charge is -2.39. The second-order valence-electron chi connectivity index (χ2n) is 6.68. The van der Waals surface area contributed by atoms with Gasteiger partial charge >= 0.3 is 0 Å². The van der Waals surface area contributed by atoms with Crippen LogP contribution in [-0.4, -0.2) is 47.6 Å². The van der Waals surface area contributed by atoms with Gasteiger partial charge in [0.25, 0.3) is 5.91 Å². The van der Waals surface area contributed by atoms with E-state index < -0.39 is 11.7 Å². The second kappa shape index (κ2) is 6.89. The summed E-state index contributed by atoms with van der Waals surface area (Å²) in [6.07, 6.45) is 3.04. The number of halogens is 1. The summed E-state index contributed by atoms with van der Waals surface area (Å²) in [5, 5.41) is 9.62. The molecule has 0 spiro atoms. The van der Waals surface area contributed by atoms with Crippen molar-refractivity contribution in [1.29, 1.82) is 0 Å². The molecule has 24 heavy (non-hydrogen) atoms. The zero-order chi connectivity index (χ0) is 17.3. The van der Waals surface area contributed by atoms with Crippen molar-refractivity contribution >= 4 is 17.5 Å². The molecule has 6 heteroatoms. The predicted molar refractivity (Wildman–Crippen MR) is 88.3 cm³/mol. The molecular weight excluding hydrogens is 311 g/mol. The summed E-state index contributed by atoms with van der Waals surface area (Å²) in [6.45, 7) is 2.98. The molecule has 2 heterocycles. The molecule has 1 aromatic carbocycles. The minimum Gasteiger partial charge on any atom is -0.394 e. The SMILES string of the molecule is CC1CCCN(C(=O)c2cc(N3CCCC3=O)ccc2F)C1CO. The Morgan fingerprint density at radius 1 is 1.33 bits per heavy atom. The number of hydrogen-bond donors (Lipinski definition) is 1. The average Bonchev–Trinajstić information content (AvgIpc) is 3.00. The average molecular weight is 334 g/mol. The van der Waals surface area contributed by atoms with Gasteiger partial charge in [-0.1, -0.05) is 6.92 Å². The molecule has 0 saturated carbocycles. The maximum atomic E-state index is 14.3. The first-order valence-electron chi connectivity index (χ1n) is 8.54. The fraction of sp³-hybridized carbons (Fsp3) is 0.556. The first-order valence-corrected chi connectivity index (χ1v) is 8.54. The Bertz CT molecular complexity index is 649. The van der Waals surface area contributed by atoms with Crippen LogP contribution in [0.15, 0.2) is 18.2 Å². The standard InChI is InChI=1S/C18H23FN2O3/c1-12-4-2-9-21(16(12)11-22)18(24)14-10-13(6-7-15(14)19)20-8-3-5-17(20)23/h6-7,10,12,16,22H,2-5,8-9,11H2,1H3. The number of hydrogen-bond acceptors (Lipinski definition) is 3. The Hall–Kier alpha value is -1.95. The number of piperidine rings is 1. The zero-order valence-corrected chi connectivity index (χ0v) is 13.9. The van der Waals surface area contributed by atoms with Gasteiger partial charge in [-0.05, 0) is 43.4 Å². The van der Waals surface area contributed by atoms with E-state index in [-0.39, 0.29) is 30.0 Å². The highest BCUT2D eigenvalue weighted by atomic mass is 19.1. The van der Waals surface area contributed by atoms with Crippen molar-refractivity contribution in [2.24, 2.45) is 5.92 Å². The van der Waals surface area contributed by atoms with E-state index in [0.717, 1.165) is 19.3 Å². The van der Waals surface area contributed by atoms with Crippen LogP contribution >= 0.6 is 0 Å². The van der Waals surface area contributed by atoms with Gasteiger partial charge in [-0.2, -0.15) is 0 Å². The van der Waals surface area contributed by atoms with Crippen LogP contribution in [0.1, 0.15) is 43.0 Å². The van der Waals surface area contributed by atoms with Gasteiger partial charge in [0.2, 0.25) is 5.91 Å². The third-order valence-electron chi connectivity index (χ3n) is 5.13. The van der Waals surface area contributed by atoms with Gasteiger partial charge in [0.05, 0.1) is 18.2 Å². The van der Waals surface area contributed by atoms with Crippen LogP contribution in [0.3, 0.4) is 0 Å². The lowest BCUT2D eigenvalue weighted by atomic mass is 9.90. The van der Waals surface area contributed by atoms with Crippen LogP contribution in [0.4, 0.5) is 10.1 Å². The molecule has 2 saturated heterocycles. The van der Waals surface area contributed by atoms with Crippen molar-refractivity contribution in [2.45, 2.75) is 38.6 Å². The molecule has 3 rings (SSSR count). The smallest absolute Gasteiger partial charge is 0.257 e. The number of anilines is 1. The monoisotopic (exact) mass is 334 g/mol. The molecule has 2 fully saturated rings. The maximum absolute atomic E-state index is 14.3. The fourth-order valence-corrected chi connectivity index (χ4v) is 3.70. The number of benzene rings is 1. The first kappa shape index (κ1) is 16.9. The van der Waals surface area contributed by atoms with Gasteiger partial charge in [-0.25, -0.2) is 4.39 Å². The molecule has 2 amide bonds. The normalized spacial score (nSPS) is 24.5. The van der Waals surface area contributed by atoms with E-state index in [2.05, 4.69) is 0 Å². The van der Waals surface area contributed by atoms with Gasteiger partial charge < -0.3 is 14.9 Å². The summed E-state index contributed by atoms with van der Waals surface area (Å²) in [6, 6.07) is 3.96. The number of likely N-dealkylation sites (tertiary alicyclic amines) is 1. The highest BCUT2D eigenvalue weighted by Crippen LogP contribution is 2.28. The van der Waals surface area contributed by atoms with Crippen molar-refractivity contribution in [3.05, 3.63) is 29.6 Å². The van der Waals surface area contributed by atoms with E-state index in [0.29, 0.717) is 25.2 Å². The molecule has 0 aromatic heterocycles. The largest absolute Gasteiger partial charge is 0.394 e. The lowest BCUT2D eigenvalue weighted by molar-refractivity contribution is -0.117. The van der Waals surface area contributed by atoms with Crippen LogP contribution in [-0.2, 0) is 4.79 Å². The van der Waals surface area contributed by atoms with E-state index in [1.165, 1.54) is 18.2 Å². The van der Waals surface area contributed by atoms with Crippen LogP contribution in [0, 0.1) is 11.7 Å². The summed E-state index contributed by atoms with van der Waals surface area (Å²) in [4.78, 5) is 27.9.